The van der Waals surface area contributed by atoms with Crippen molar-refractivity contribution in [1.82, 2.24) is 0 Å². The molecule has 0 amide bonds. The van der Waals surface area contributed by atoms with Crippen molar-refractivity contribution in [3.05, 3.63) is 0 Å². The lowest BCUT2D eigenvalue weighted by Crippen LogP contribution is -2.52. The molecule has 2 aliphatic heterocycles. The quantitative estimate of drug-likeness (QED) is 0.455. The van der Waals surface area contributed by atoms with Crippen LogP contribution in [0.4, 0.5) is 0 Å². The summed E-state index contributed by atoms with van der Waals surface area (Å²) in [5.41, 5.74) is 0. The predicted molar refractivity (Wildman–Crippen MR) is 55.5 cm³/mol. The molecule has 0 saturated carbocycles. The molecule has 0 aliphatic carbocycles. The highest BCUT2D eigenvalue weighted by molar-refractivity contribution is 6.53. The fourth-order valence-corrected chi connectivity index (χ4v) is 2.89. The maximum absolute atomic E-state index is 5.60. The Labute approximate surface area is 96.2 Å². The lowest BCUT2D eigenvalue weighted by atomic mass is 10.4. The van der Waals surface area contributed by atoms with Crippen LogP contribution in [0.3, 0.4) is 0 Å². The molecule has 2 unspecified atom stereocenters. The monoisotopic (exact) mass is 250 g/mol. The number of rotatable bonds is 8. The van der Waals surface area contributed by atoms with Crippen molar-refractivity contribution in [1.29, 1.82) is 0 Å². The number of hydrogen-bond acceptors (Lipinski definition) is 6. The highest BCUT2D eigenvalue weighted by Crippen LogP contribution is 2.21. The Bertz CT molecular complexity index is 214. The fraction of sp³-hybridized carbons (Fsp3) is 1.00. The SMILES string of the molecule is CO[Si](OC)(OCCC1CO1)OC1CCO1. The number of epoxide rings is 1. The van der Waals surface area contributed by atoms with Gasteiger partial charge in [0.15, 0.2) is 6.29 Å². The molecule has 7 heteroatoms. The molecule has 94 valence electrons. The maximum atomic E-state index is 5.60. The predicted octanol–water partition coefficient (Wildman–Crippen LogP) is 0.283. The molecule has 6 nitrogen and oxygen atoms in total. The maximum Gasteiger partial charge on any atom is 0.681 e. The molecule has 0 N–H and O–H groups in total. The molecule has 2 rings (SSSR count). The van der Waals surface area contributed by atoms with E-state index in [-0.39, 0.29) is 6.29 Å². The van der Waals surface area contributed by atoms with Crippen molar-refractivity contribution in [3.8, 4) is 0 Å². The zero-order chi connectivity index (χ0) is 11.4. The average Bonchev–Trinajstić information content (AvgIpc) is 3.05. The van der Waals surface area contributed by atoms with E-state index in [0.29, 0.717) is 12.7 Å². The van der Waals surface area contributed by atoms with Crippen LogP contribution in [-0.4, -0.2) is 55.5 Å². The topological polar surface area (TPSA) is 58.7 Å². The van der Waals surface area contributed by atoms with Crippen LogP contribution in [0.25, 0.3) is 0 Å². The van der Waals surface area contributed by atoms with Gasteiger partial charge in [0.25, 0.3) is 0 Å². The zero-order valence-electron chi connectivity index (χ0n) is 9.64. The molecular weight excluding hydrogens is 232 g/mol. The molecule has 0 bridgehead atoms. The van der Waals surface area contributed by atoms with Crippen molar-refractivity contribution in [2.45, 2.75) is 25.2 Å². The van der Waals surface area contributed by atoms with Crippen molar-refractivity contribution >= 4 is 9.05 Å². The smallest absolute Gasteiger partial charge is 0.373 e. The van der Waals surface area contributed by atoms with Gasteiger partial charge in [-0.3, -0.25) is 0 Å². The molecule has 2 heterocycles. The van der Waals surface area contributed by atoms with Crippen molar-refractivity contribution in [2.75, 3.05) is 34.0 Å². The van der Waals surface area contributed by atoms with Crippen LogP contribution in [0.2, 0.25) is 0 Å². The largest absolute Gasteiger partial charge is 0.681 e. The second kappa shape index (κ2) is 5.54. The first kappa shape index (κ1) is 12.4. The summed E-state index contributed by atoms with van der Waals surface area (Å²) < 4.78 is 31.9. The van der Waals surface area contributed by atoms with Gasteiger partial charge in [0.2, 0.25) is 0 Å². The number of hydrogen-bond donors (Lipinski definition) is 0. The van der Waals surface area contributed by atoms with Crippen LogP contribution in [0.15, 0.2) is 0 Å². The van der Waals surface area contributed by atoms with E-state index >= 15 is 0 Å². The highest BCUT2D eigenvalue weighted by Gasteiger charge is 2.47. The molecule has 2 aliphatic rings. The van der Waals surface area contributed by atoms with Gasteiger partial charge in [-0.05, 0) is 6.42 Å². The summed E-state index contributed by atoms with van der Waals surface area (Å²) >= 11 is 0. The van der Waals surface area contributed by atoms with E-state index in [1.54, 1.807) is 0 Å². The summed E-state index contributed by atoms with van der Waals surface area (Å²) in [7, 11) is 0.0637. The second-order valence-electron chi connectivity index (χ2n) is 3.71. The summed E-state index contributed by atoms with van der Waals surface area (Å²) in [6.07, 6.45) is 1.79. The summed E-state index contributed by atoms with van der Waals surface area (Å²) in [4.78, 5) is 0. The second-order valence-corrected chi connectivity index (χ2v) is 6.05. The molecule has 0 radical (unpaired) electrons. The summed E-state index contributed by atoms with van der Waals surface area (Å²) in [6.45, 7) is 2.06. The Morgan fingerprint density at radius 2 is 1.94 bits per heavy atom. The van der Waals surface area contributed by atoms with Gasteiger partial charge in [-0.15, -0.1) is 0 Å². The third-order valence-electron chi connectivity index (χ3n) is 2.55. The lowest BCUT2D eigenvalue weighted by Gasteiger charge is -2.33. The van der Waals surface area contributed by atoms with Crippen LogP contribution in [0.5, 0.6) is 0 Å². The van der Waals surface area contributed by atoms with E-state index in [0.717, 1.165) is 26.1 Å². The van der Waals surface area contributed by atoms with E-state index in [2.05, 4.69) is 0 Å². The van der Waals surface area contributed by atoms with E-state index in [9.17, 15) is 0 Å². The summed E-state index contributed by atoms with van der Waals surface area (Å²) in [6, 6.07) is 0. The van der Waals surface area contributed by atoms with Gasteiger partial charge in [-0.1, -0.05) is 0 Å². The van der Waals surface area contributed by atoms with E-state index in [1.807, 2.05) is 0 Å². The minimum atomic E-state index is -3.00. The minimum absolute atomic E-state index is 0.247. The molecule has 0 aromatic heterocycles. The first-order valence-electron chi connectivity index (χ1n) is 5.43. The van der Waals surface area contributed by atoms with Crippen LogP contribution in [-0.2, 0) is 27.2 Å². The number of ether oxygens (including phenoxy) is 2. The Balaban J connectivity index is 1.74. The molecule has 2 atom stereocenters. The minimum Gasteiger partial charge on any atom is -0.373 e. The zero-order valence-corrected chi connectivity index (χ0v) is 10.6. The Hall–Kier alpha value is -0.0231. The third kappa shape index (κ3) is 3.23. The standard InChI is InChI=1S/C9H18O6Si/c1-10-16(11-2,15-9-4-5-12-9)14-6-3-8-7-13-8/h8-9H,3-7H2,1-2H3. The highest BCUT2D eigenvalue weighted by atomic mass is 28.4. The molecule has 2 saturated heterocycles. The first-order chi connectivity index (χ1) is 7.78. The van der Waals surface area contributed by atoms with Gasteiger partial charge < -0.3 is 27.2 Å². The molecule has 0 aromatic carbocycles. The van der Waals surface area contributed by atoms with E-state index < -0.39 is 9.05 Å². The molecule has 2 fully saturated rings. The average molecular weight is 250 g/mol. The Morgan fingerprint density at radius 3 is 2.38 bits per heavy atom. The van der Waals surface area contributed by atoms with Crippen LogP contribution in [0, 0.1) is 0 Å². The Morgan fingerprint density at radius 1 is 1.25 bits per heavy atom. The molecular formula is C9H18O6Si. The van der Waals surface area contributed by atoms with Crippen molar-refractivity contribution in [2.24, 2.45) is 0 Å². The normalized spacial score (nSPS) is 28.9. The van der Waals surface area contributed by atoms with Gasteiger partial charge in [-0.2, -0.15) is 0 Å². The van der Waals surface area contributed by atoms with E-state index in [1.165, 1.54) is 14.2 Å². The van der Waals surface area contributed by atoms with Gasteiger partial charge in [-0.25, -0.2) is 0 Å². The summed E-state index contributed by atoms with van der Waals surface area (Å²) in [5, 5.41) is 0. The van der Waals surface area contributed by atoms with Crippen molar-refractivity contribution < 1.29 is 27.2 Å². The molecule has 16 heavy (non-hydrogen) atoms. The third-order valence-corrected chi connectivity index (χ3v) is 4.66. The van der Waals surface area contributed by atoms with Crippen LogP contribution >= 0.6 is 0 Å². The van der Waals surface area contributed by atoms with Crippen molar-refractivity contribution in [3.63, 3.8) is 0 Å². The van der Waals surface area contributed by atoms with Gasteiger partial charge in [0.1, 0.15) is 0 Å². The fourth-order valence-electron chi connectivity index (χ4n) is 1.35. The van der Waals surface area contributed by atoms with Gasteiger partial charge in [0, 0.05) is 27.2 Å². The molecule has 0 aromatic rings. The molecule has 0 spiro atoms. The van der Waals surface area contributed by atoms with Gasteiger partial charge in [0.05, 0.1) is 19.3 Å². The van der Waals surface area contributed by atoms with Crippen LogP contribution in [0.1, 0.15) is 12.8 Å². The summed E-state index contributed by atoms with van der Waals surface area (Å²) in [5.74, 6) is 0. The lowest BCUT2D eigenvalue weighted by molar-refractivity contribution is -0.206. The van der Waals surface area contributed by atoms with Gasteiger partial charge >= 0.3 is 9.05 Å². The first-order valence-corrected chi connectivity index (χ1v) is 7.06. The Kier molecular flexibility index (Phi) is 4.31. The van der Waals surface area contributed by atoms with E-state index in [4.69, 9.17) is 27.2 Å². The van der Waals surface area contributed by atoms with Crippen LogP contribution < -0.4 is 0 Å².